The lowest BCUT2D eigenvalue weighted by molar-refractivity contribution is -0.122. The summed E-state index contributed by atoms with van der Waals surface area (Å²) >= 11 is 3.44. The number of carbonyl (C=O) groups excluding carboxylic acids is 1. The van der Waals surface area contributed by atoms with Crippen LogP contribution in [0.4, 0.5) is 0 Å². The zero-order chi connectivity index (χ0) is 12.5. The van der Waals surface area contributed by atoms with Crippen molar-refractivity contribution in [2.75, 3.05) is 13.2 Å². The second kappa shape index (κ2) is 8.25. The molecule has 94 valence electrons. The molecule has 0 aliphatic heterocycles. The molecule has 0 heterocycles. The Bertz CT molecular complexity index is 355. The zero-order valence-corrected chi connectivity index (χ0v) is 11.6. The Kier molecular flexibility index (Phi) is 6.89. The molecule has 0 aromatic heterocycles. The second-order valence-electron chi connectivity index (χ2n) is 3.73. The standard InChI is InChI=1S/C13H18BrNO2/c1-2-8-17-9-7-13(16)15-10-11-5-3-4-6-12(11)14/h3-6H,2,7-10H2,1H3,(H,15,16). The van der Waals surface area contributed by atoms with E-state index in [1.54, 1.807) is 0 Å². The fourth-order valence-corrected chi connectivity index (χ4v) is 1.76. The quantitative estimate of drug-likeness (QED) is 0.786. The van der Waals surface area contributed by atoms with Gasteiger partial charge in [0.15, 0.2) is 0 Å². The number of carbonyl (C=O) groups is 1. The fraction of sp³-hybridized carbons (Fsp3) is 0.462. The molecule has 0 aliphatic carbocycles. The maximum absolute atomic E-state index is 11.5. The molecule has 1 rings (SSSR count). The molecule has 3 nitrogen and oxygen atoms in total. The Balaban J connectivity index is 2.22. The SMILES string of the molecule is CCCOCCC(=O)NCc1ccccc1Br. The van der Waals surface area contributed by atoms with Crippen LogP contribution in [-0.2, 0) is 16.1 Å². The van der Waals surface area contributed by atoms with Crippen LogP contribution in [0.15, 0.2) is 28.7 Å². The van der Waals surface area contributed by atoms with E-state index in [9.17, 15) is 4.79 Å². The van der Waals surface area contributed by atoms with Crippen LogP contribution in [0.3, 0.4) is 0 Å². The predicted molar refractivity (Wildman–Crippen MR) is 71.7 cm³/mol. The number of hydrogen-bond acceptors (Lipinski definition) is 2. The number of benzene rings is 1. The van der Waals surface area contributed by atoms with Crippen molar-refractivity contribution in [3.63, 3.8) is 0 Å². The minimum absolute atomic E-state index is 0.0249. The van der Waals surface area contributed by atoms with E-state index >= 15 is 0 Å². The van der Waals surface area contributed by atoms with Gasteiger partial charge >= 0.3 is 0 Å². The van der Waals surface area contributed by atoms with Gasteiger partial charge in [0, 0.05) is 24.0 Å². The van der Waals surface area contributed by atoms with Gasteiger partial charge in [-0.05, 0) is 18.1 Å². The van der Waals surface area contributed by atoms with Gasteiger partial charge in [-0.2, -0.15) is 0 Å². The minimum Gasteiger partial charge on any atom is -0.381 e. The first-order valence-corrected chi connectivity index (χ1v) is 6.61. The van der Waals surface area contributed by atoms with Crippen molar-refractivity contribution in [1.29, 1.82) is 0 Å². The number of amides is 1. The van der Waals surface area contributed by atoms with Gasteiger partial charge in [-0.15, -0.1) is 0 Å². The number of nitrogens with one attached hydrogen (secondary N) is 1. The molecule has 0 atom stereocenters. The maximum Gasteiger partial charge on any atom is 0.222 e. The van der Waals surface area contributed by atoms with Crippen molar-refractivity contribution in [3.8, 4) is 0 Å². The lowest BCUT2D eigenvalue weighted by Crippen LogP contribution is -2.24. The van der Waals surface area contributed by atoms with E-state index in [2.05, 4.69) is 21.2 Å². The minimum atomic E-state index is 0.0249. The topological polar surface area (TPSA) is 38.3 Å². The van der Waals surface area contributed by atoms with E-state index < -0.39 is 0 Å². The van der Waals surface area contributed by atoms with Crippen LogP contribution in [0.1, 0.15) is 25.3 Å². The molecule has 0 saturated carbocycles. The smallest absolute Gasteiger partial charge is 0.222 e. The van der Waals surface area contributed by atoms with Gasteiger partial charge in [0.1, 0.15) is 0 Å². The van der Waals surface area contributed by atoms with E-state index in [1.165, 1.54) is 0 Å². The Hall–Kier alpha value is -0.870. The van der Waals surface area contributed by atoms with Crippen molar-refractivity contribution in [3.05, 3.63) is 34.3 Å². The van der Waals surface area contributed by atoms with E-state index in [0.29, 0.717) is 19.6 Å². The fourth-order valence-electron chi connectivity index (χ4n) is 1.34. The first kappa shape index (κ1) is 14.2. The van der Waals surface area contributed by atoms with Gasteiger partial charge in [-0.25, -0.2) is 0 Å². The van der Waals surface area contributed by atoms with E-state index in [-0.39, 0.29) is 5.91 Å². The molecule has 1 amide bonds. The van der Waals surface area contributed by atoms with Crippen LogP contribution < -0.4 is 5.32 Å². The summed E-state index contributed by atoms with van der Waals surface area (Å²) in [6.45, 7) is 3.81. The lowest BCUT2D eigenvalue weighted by Gasteiger charge is -2.07. The molecule has 1 aromatic carbocycles. The van der Waals surface area contributed by atoms with Crippen LogP contribution in [0.2, 0.25) is 0 Å². The van der Waals surface area contributed by atoms with E-state index in [4.69, 9.17) is 4.74 Å². The Labute approximate surface area is 111 Å². The molecule has 17 heavy (non-hydrogen) atoms. The van der Waals surface area contributed by atoms with E-state index in [1.807, 2.05) is 31.2 Å². The summed E-state index contributed by atoms with van der Waals surface area (Å²) in [4.78, 5) is 11.5. The summed E-state index contributed by atoms with van der Waals surface area (Å²) in [6.07, 6.45) is 1.41. The Morgan fingerprint density at radius 1 is 1.35 bits per heavy atom. The highest BCUT2D eigenvalue weighted by atomic mass is 79.9. The summed E-state index contributed by atoms with van der Waals surface area (Å²) in [5, 5.41) is 2.87. The molecular formula is C13H18BrNO2. The molecule has 0 aliphatic rings. The second-order valence-corrected chi connectivity index (χ2v) is 4.58. The van der Waals surface area contributed by atoms with Crippen LogP contribution in [0.25, 0.3) is 0 Å². The summed E-state index contributed by atoms with van der Waals surface area (Å²) in [7, 11) is 0. The van der Waals surface area contributed by atoms with Crippen LogP contribution in [0, 0.1) is 0 Å². The number of hydrogen-bond donors (Lipinski definition) is 1. The Morgan fingerprint density at radius 3 is 2.82 bits per heavy atom. The molecular weight excluding hydrogens is 282 g/mol. The first-order chi connectivity index (χ1) is 8.24. The van der Waals surface area contributed by atoms with Crippen molar-refractivity contribution in [2.45, 2.75) is 26.3 Å². The first-order valence-electron chi connectivity index (χ1n) is 5.82. The third-order valence-corrected chi connectivity index (χ3v) is 3.03. The van der Waals surface area contributed by atoms with E-state index in [0.717, 1.165) is 23.1 Å². The Morgan fingerprint density at radius 2 is 2.12 bits per heavy atom. The van der Waals surface area contributed by atoms with Crippen LogP contribution in [0.5, 0.6) is 0 Å². The highest BCUT2D eigenvalue weighted by Crippen LogP contribution is 2.15. The molecule has 0 fully saturated rings. The van der Waals surface area contributed by atoms with Crippen LogP contribution >= 0.6 is 15.9 Å². The molecule has 0 radical (unpaired) electrons. The third-order valence-electron chi connectivity index (χ3n) is 2.26. The van der Waals surface area contributed by atoms with Crippen molar-refractivity contribution < 1.29 is 9.53 Å². The van der Waals surface area contributed by atoms with Gasteiger partial charge in [-0.3, -0.25) is 4.79 Å². The molecule has 1 aromatic rings. The predicted octanol–water partition coefficient (Wildman–Crippen LogP) is 2.88. The largest absolute Gasteiger partial charge is 0.381 e. The zero-order valence-electron chi connectivity index (χ0n) is 10.0. The maximum atomic E-state index is 11.5. The van der Waals surface area contributed by atoms with Gasteiger partial charge in [0.05, 0.1) is 6.61 Å². The molecule has 0 bridgehead atoms. The average Bonchev–Trinajstić information content (AvgIpc) is 2.34. The monoisotopic (exact) mass is 299 g/mol. The summed E-state index contributed by atoms with van der Waals surface area (Å²) in [5.74, 6) is 0.0249. The van der Waals surface area contributed by atoms with Gasteiger partial charge in [0.2, 0.25) is 5.91 Å². The molecule has 1 N–H and O–H groups in total. The van der Waals surface area contributed by atoms with Gasteiger partial charge in [-0.1, -0.05) is 41.1 Å². The number of rotatable bonds is 7. The highest BCUT2D eigenvalue weighted by Gasteiger charge is 2.03. The van der Waals surface area contributed by atoms with Crippen molar-refractivity contribution in [1.82, 2.24) is 5.32 Å². The number of ether oxygens (including phenoxy) is 1. The van der Waals surface area contributed by atoms with Gasteiger partial charge < -0.3 is 10.1 Å². The summed E-state index contributed by atoms with van der Waals surface area (Å²) < 4.78 is 6.28. The van der Waals surface area contributed by atoms with Crippen LogP contribution in [-0.4, -0.2) is 19.1 Å². The average molecular weight is 300 g/mol. The normalized spacial score (nSPS) is 10.2. The summed E-state index contributed by atoms with van der Waals surface area (Å²) in [5.41, 5.74) is 1.08. The third kappa shape index (κ3) is 5.84. The van der Waals surface area contributed by atoms with Crippen molar-refractivity contribution >= 4 is 21.8 Å². The highest BCUT2D eigenvalue weighted by molar-refractivity contribution is 9.10. The lowest BCUT2D eigenvalue weighted by atomic mass is 10.2. The molecule has 4 heteroatoms. The molecule has 0 spiro atoms. The molecule has 0 unspecified atom stereocenters. The molecule has 0 saturated heterocycles. The van der Waals surface area contributed by atoms with Gasteiger partial charge in [0.25, 0.3) is 0 Å². The van der Waals surface area contributed by atoms with Crippen molar-refractivity contribution in [2.24, 2.45) is 0 Å². The summed E-state index contributed by atoms with van der Waals surface area (Å²) in [6, 6.07) is 7.86. The number of halogens is 1.